The minimum absolute atomic E-state index is 0.149. The zero-order valence-corrected chi connectivity index (χ0v) is 44.0. The molecule has 0 N–H and O–H groups in total. The Morgan fingerprint density at radius 1 is 0.304 bits per heavy atom. The van der Waals surface area contributed by atoms with Gasteiger partial charge in [-0.15, -0.1) is 0 Å². The van der Waals surface area contributed by atoms with Gasteiger partial charge in [0.15, 0.2) is 6.10 Å². The highest BCUT2D eigenvalue weighted by molar-refractivity contribution is 5.71. The van der Waals surface area contributed by atoms with Crippen LogP contribution in [-0.4, -0.2) is 37.2 Å². The molecule has 6 heteroatoms. The Morgan fingerprint density at radius 3 is 1.04 bits per heavy atom. The van der Waals surface area contributed by atoms with Crippen LogP contribution in [0.3, 0.4) is 0 Å². The topological polar surface area (TPSA) is 78.9 Å². The van der Waals surface area contributed by atoms with Gasteiger partial charge in [-0.2, -0.15) is 0 Å². The van der Waals surface area contributed by atoms with Gasteiger partial charge >= 0.3 is 17.9 Å². The van der Waals surface area contributed by atoms with Crippen LogP contribution in [0.1, 0.15) is 213 Å². The Morgan fingerprint density at radius 2 is 0.609 bits per heavy atom. The lowest BCUT2D eigenvalue weighted by atomic mass is 10.1. The van der Waals surface area contributed by atoms with Crippen LogP contribution in [0.2, 0.25) is 0 Å². The Kier molecular flexibility index (Phi) is 52.1. The number of hydrogen-bond donors (Lipinski definition) is 0. The minimum Gasteiger partial charge on any atom is -0.462 e. The second kappa shape index (κ2) is 55.9. The molecule has 6 nitrogen and oxygen atoms in total. The molecule has 0 aliphatic carbocycles. The van der Waals surface area contributed by atoms with E-state index in [1.165, 1.54) is 64.2 Å². The van der Waals surface area contributed by atoms with Gasteiger partial charge < -0.3 is 14.2 Å². The summed E-state index contributed by atoms with van der Waals surface area (Å²) in [5.41, 5.74) is 0. The van der Waals surface area contributed by atoms with Crippen molar-refractivity contribution < 1.29 is 28.6 Å². The van der Waals surface area contributed by atoms with Gasteiger partial charge in [0, 0.05) is 19.3 Å². The Labute approximate surface area is 423 Å². The van der Waals surface area contributed by atoms with E-state index in [2.05, 4.69) is 154 Å². The number of rotatable bonds is 47. The van der Waals surface area contributed by atoms with Crippen LogP contribution in [0.4, 0.5) is 0 Å². The van der Waals surface area contributed by atoms with Gasteiger partial charge in [0.05, 0.1) is 0 Å². The van der Waals surface area contributed by atoms with Crippen molar-refractivity contribution in [3.63, 3.8) is 0 Å². The first-order chi connectivity index (χ1) is 34.0. The summed E-state index contributed by atoms with van der Waals surface area (Å²) in [6.45, 7) is 6.33. The van der Waals surface area contributed by atoms with E-state index >= 15 is 0 Å². The summed E-state index contributed by atoms with van der Waals surface area (Å²) in [7, 11) is 0. The summed E-state index contributed by atoms with van der Waals surface area (Å²) < 4.78 is 16.7. The maximum atomic E-state index is 12.8. The van der Waals surface area contributed by atoms with Crippen LogP contribution in [0.5, 0.6) is 0 Å². The van der Waals surface area contributed by atoms with Crippen molar-refractivity contribution in [2.75, 3.05) is 13.2 Å². The first-order valence-electron chi connectivity index (χ1n) is 27.3. The predicted octanol–water partition coefficient (Wildman–Crippen LogP) is 18.4. The zero-order chi connectivity index (χ0) is 50.0. The second-order valence-corrected chi connectivity index (χ2v) is 17.4. The van der Waals surface area contributed by atoms with Crippen LogP contribution >= 0.6 is 0 Å². The summed E-state index contributed by atoms with van der Waals surface area (Å²) in [5, 5.41) is 0. The molecular weight excluding hydrogens is 853 g/mol. The van der Waals surface area contributed by atoms with Gasteiger partial charge in [-0.1, -0.05) is 212 Å². The van der Waals surface area contributed by atoms with E-state index in [-0.39, 0.29) is 50.4 Å². The van der Waals surface area contributed by atoms with E-state index in [0.717, 1.165) is 89.9 Å². The lowest BCUT2D eigenvalue weighted by Crippen LogP contribution is -2.30. The summed E-state index contributed by atoms with van der Waals surface area (Å²) in [4.78, 5) is 38.0. The van der Waals surface area contributed by atoms with Crippen LogP contribution in [0, 0.1) is 0 Å². The first kappa shape index (κ1) is 64.3. The molecule has 69 heavy (non-hydrogen) atoms. The molecule has 0 aromatic carbocycles. The number of carbonyl (C=O) groups is 3. The highest BCUT2D eigenvalue weighted by Gasteiger charge is 2.19. The van der Waals surface area contributed by atoms with Crippen molar-refractivity contribution >= 4 is 17.9 Å². The van der Waals surface area contributed by atoms with Crippen molar-refractivity contribution in [3.05, 3.63) is 146 Å². The molecule has 0 radical (unpaired) electrons. The molecule has 0 saturated heterocycles. The summed E-state index contributed by atoms with van der Waals surface area (Å²) >= 11 is 0. The molecule has 0 bridgehead atoms. The number of esters is 3. The molecule has 0 rings (SSSR count). The molecular formula is C63H98O6. The molecule has 1 atom stereocenters. The molecule has 0 spiro atoms. The summed E-state index contributed by atoms with van der Waals surface area (Å²) in [5.74, 6) is -1.13. The number of hydrogen-bond acceptors (Lipinski definition) is 6. The van der Waals surface area contributed by atoms with Gasteiger partial charge in [-0.05, 0) is 128 Å². The number of unbranched alkanes of at least 4 members (excludes halogenated alkanes) is 12. The van der Waals surface area contributed by atoms with E-state index < -0.39 is 6.10 Å². The normalized spacial score (nSPS) is 13.3. The first-order valence-corrected chi connectivity index (χ1v) is 27.3. The third-order valence-electron chi connectivity index (χ3n) is 10.8. The predicted molar refractivity (Wildman–Crippen MR) is 297 cm³/mol. The van der Waals surface area contributed by atoms with E-state index in [4.69, 9.17) is 14.2 Å². The minimum atomic E-state index is -0.855. The third kappa shape index (κ3) is 54.1. The Balaban J connectivity index is 4.66. The van der Waals surface area contributed by atoms with Crippen LogP contribution in [0.25, 0.3) is 0 Å². The van der Waals surface area contributed by atoms with E-state index in [1.54, 1.807) is 0 Å². The molecule has 0 aliphatic rings. The lowest BCUT2D eigenvalue weighted by Gasteiger charge is -2.18. The molecule has 0 aliphatic heterocycles. The SMILES string of the molecule is CC/C=C\C/C=C\C/C=C\C/C=C\C/C=C\C/C=C\CCC(=O)OC[C@H](COC(=O)CCC/C=C\C/C=C\C/C=C\CCCCCCCC)OC(=O)CCCC/C=C\C/C=C\C/C=C\CCCCC. The zero-order valence-electron chi connectivity index (χ0n) is 44.0. The number of allylic oxidation sites excluding steroid dienone is 24. The molecule has 0 aromatic rings. The van der Waals surface area contributed by atoms with Gasteiger partial charge in [0.25, 0.3) is 0 Å². The van der Waals surface area contributed by atoms with Crippen molar-refractivity contribution in [1.29, 1.82) is 0 Å². The fraction of sp³-hybridized carbons (Fsp3) is 0.571. The molecule has 0 fully saturated rings. The number of carbonyl (C=O) groups excluding carboxylic acids is 3. The van der Waals surface area contributed by atoms with Crippen LogP contribution in [-0.2, 0) is 28.6 Å². The van der Waals surface area contributed by atoms with E-state index in [1.807, 2.05) is 12.2 Å². The standard InChI is InChI=1S/C63H98O6/c1-4-7-10-13-16-19-22-25-28-30-31-33-36-38-41-44-47-50-53-56-62(65)68-59-60(69-63(66)57-54-51-48-45-42-39-34-27-24-21-18-15-12-9-6-3)58-67-61(64)55-52-49-46-43-40-37-35-32-29-26-23-20-17-14-11-8-5-2/h7,10,16,18-19,21,25-29,31,33-35,37-38,41-43,45-47,50,60H,4-6,8-9,11-15,17,20,22-24,30,32,36,39-40,44,48-49,51-59H2,1-3H3/b10-7-,19-16-,21-18-,28-25-,29-26-,33-31-,34-27-,37-35-,41-38-,45-42-,46-43-,50-47-/t60-/m0/s1. The van der Waals surface area contributed by atoms with Gasteiger partial charge in [0.1, 0.15) is 13.2 Å². The van der Waals surface area contributed by atoms with Crippen molar-refractivity contribution in [1.82, 2.24) is 0 Å². The highest BCUT2D eigenvalue weighted by Crippen LogP contribution is 2.10. The fourth-order valence-corrected chi connectivity index (χ4v) is 6.72. The molecule has 0 heterocycles. The third-order valence-corrected chi connectivity index (χ3v) is 10.8. The van der Waals surface area contributed by atoms with Crippen molar-refractivity contribution in [3.8, 4) is 0 Å². The fourth-order valence-electron chi connectivity index (χ4n) is 6.72. The lowest BCUT2D eigenvalue weighted by molar-refractivity contribution is -0.166. The molecule has 0 saturated carbocycles. The largest absolute Gasteiger partial charge is 0.462 e. The maximum absolute atomic E-state index is 12.8. The van der Waals surface area contributed by atoms with Crippen LogP contribution in [0.15, 0.2) is 146 Å². The second-order valence-electron chi connectivity index (χ2n) is 17.4. The summed E-state index contributed by atoms with van der Waals surface area (Å²) in [6, 6.07) is 0. The average Bonchev–Trinajstić information content (AvgIpc) is 3.35. The Bertz CT molecular complexity index is 1560. The molecule has 0 unspecified atom stereocenters. The van der Waals surface area contributed by atoms with E-state index in [0.29, 0.717) is 19.3 Å². The Hall–Kier alpha value is -4.71. The van der Waals surface area contributed by atoms with Gasteiger partial charge in [-0.3, -0.25) is 14.4 Å². The molecule has 0 amide bonds. The highest BCUT2D eigenvalue weighted by atomic mass is 16.6. The monoisotopic (exact) mass is 951 g/mol. The maximum Gasteiger partial charge on any atom is 0.306 e. The van der Waals surface area contributed by atoms with Crippen molar-refractivity contribution in [2.45, 2.75) is 219 Å². The average molecular weight is 951 g/mol. The molecule has 386 valence electrons. The van der Waals surface area contributed by atoms with E-state index in [9.17, 15) is 14.4 Å². The molecule has 0 aromatic heterocycles. The van der Waals surface area contributed by atoms with Gasteiger partial charge in [0.2, 0.25) is 0 Å². The van der Waals surface area contributed by atoms with Gasteiger partial charge in [-0.25, -0.2) is 0 Å². The van der Waals surface area contributed by atoms with Crippen LogP contribution < -0.4 is 0 Å². The smallest absolute Gasteiger partial charge is 0.306 e. The number of ether oxygens (including phenoxy) is 3. The quantitative estimate of drug-likeness (QED) is 0.0262. The summed E-state index contributed by atoms with van der Waals surface area (Å²) in [6.07, 6.45) is 79.9. The van der Waals surface area contributed by atoms with Crippen molar-refractivity contribution in [2.24, 2.45) is 0 Å².